The molecule has 1 amide bonds. The topological polar surface area (TPSA) is 82.8 Å². The molecule has 0 unspecified atom stereocenters. The van der Waals surface area contributed by atoms with E-state index in [9.17, 15) is 4.79 Å². The van der Waals surface area contributed by atoms with Crippen molar-refractivity contribution in [2.45, 2.75) is 13.3 Å². The molecule has 7 nitrogen and oxygen atoms in total. The highest BCUT2D eigenvalue weighted by Crippen LogP contribution is 2.36. The van der Waals surface area contributed by atoms with Crippen molar-refractivity contribution in [1.29, 1.82) is 0 Å². The van der Waals surface area contributed by atoms with Crippen LogP contribution in [0, 0.1) is 6.92 Å². The molecule has 0 fully saturated rings. The average Bonchev–Trinajstić information content (AvgIpc) is 3.28. The molecule has 2 aromatic heterocycles. The van der Waals surface area contributed by atoms with E-state index in [1.807, 2.05) is 37.3 Å². The van der Waals surface area contributed by atoms with E-state index in [1.165, 1.54) is 0 Å². The standard InChI is InChI=1S/C25H24N2O5/c1-15-5-6-16-11-17(7-9-21(16)26-15)27-25(28)22-10-8-18(32-22)12-20-23(30-3)13-19(29-2)14-24(20)31-4/h5-11,13-14H,12H2,1-4H3,(H,27,28). The van der Waals surface area contributed by atoms with Crippen molar-refractivity contribution in [2.24, 2.45) is 0 Å². The number of amides is 1. The maximum Gasteiger partial charge on any atom is 0.291 e. The van der Waals surface area contributed by atoms with Gasteiger partial charge in [-0.3, -0.25) is 9.78 Å². The minimum absolute atomic E-state index is 0.216. The summed E-state index contributed by atoms with van der Waals surface area (Å²) in [6.45, 7) is 1.95. The summed E-state index contributed by atoms with van der Waals surface area (Å²) in [5.41, 5.74) is 3.30. The van der Waals surface area contributed by atoms with Crippen LogP contribution in [-0.4, -0.2) is 32.2 Å². The van der Waals surface area contributed by atoms with E-state index in [2.05, 4.69) is 10.3 Å². The van der Waals surface area contributed by atoms with Crippen molar-refractivity contribution in [1.82, 2.24) is 4.98 Å². The maximum atomic E-state index is 12.7. The van der Waals surface area contributed by atoms with Crippen LogP contribution in [0.3, 0.4) is 0 Å². The van der Waals surface area contributed by atoms with Crippen LogP contribution >= 0.6 is 0 Å². The van der Waals surface area contributed by atoms with Crippen LogP contribution in [0.1, 0.15) is 27.6 Å². The smallest absolute Gasteiger partial charge is 0.291 e. The molecule has 0 bridgehead atoms. The van der Waals surface area contributed by atoms with Crippen molar-refractivity contribution in [3.63, 3.8) is 0 Å². The highest BCUT2D eigenvalue weighted by molar-refractivity contribution is 6.03. The molecule has 0 aliphatic heterocycles. The third-order valence-electron chi connectivity index (χ3n) is 5.14. The number of pyridine rings is 1. The minimum atomic E-state index is -0.329. The molecule has 0 spiro atoms. The second-order valence-electron chi connectivity index (χ2n) is 7.27. The Balaban J connectivity index is 1.53. The molecule has 164 valence electrons. The predicted molar refractivity (Wildman–Crippen MR) is 122 cm³/mol. The number of carbonyl (C=O) groups is 1. The Labute approximate surface area is 185 Å². The summed E-state index contributed by atoms with van der Waals surface area (Å²) < 4.78 is 22.1. The third-order valence-corrected chi connectivity index (χ3v) is 5.14. The first-order valence-electron chi connectivity index (χ1n) is 10.1. The van der Waals surface area contributed by atoms with Crippen LogP contribution in [0.2, 0.25) is 0 Å². The summed E-state index contributed by atoms with van der Waals surface area (Å²) in [5, 5.41) is 3.83. The van der Waals surface area contributed by atoms with Gasteiger partial charge in [0.15, 0.2) is 5.76 Å². The van der Waals surface area contributed by atoms with Gasteiger partial charge in [0.05, 0.1) is 26.8 Å². The molecule has 2 heterocycles. The van der Waals surface area contributed by atoms with Crippen LogP contribution < -0.4 is 19.5 Å². The quantitative estimate of drug-likeness (QED) is 0.442. The summed E-state index contributed by atoms with van der Waals surface area (Å²) in [5.74, 6) is 2.35. The number of carbonyl (C=O) groups excluding carboxylic acids is 1. The lowest BCUT2D eigenvalue weighted by atomic mass is 10.1. The van der Waals surface area contributed by atoms with E-state index in [0.717, 1.165) is 22.2 Å². The molecule has 0 saturated carbocycles. The Morgan fingerprint density at radius 3 is 2.38 bits per heavy atom. The van der Waals surface area contributed by atoms with Crippen LogP contribution in [0.15, 0.2) is 59.0 Å². The molecule has 4 aromatic rings. The molecule has 4 rings (SSSR count). The number of ether oxygens (including phenoxy) is 3. The molecule has 0 radical (unpaired) electrons. The normalized spacial score (nSPS) is 10.8. The van der Waals surface area contributed by atoms with Gasteiger partial charge in [-0.15, -0.1) is 0 Å². The Morgan fingerprint density at radius 1 is 0.938 bits per heavy atom. The Morgan fingerprint density at radius 2 is 1.69 bits per heavy atom. The van der Waals surface area contributed by atoms with E-state index in [-0.39, 0.29) is 11.7 Å². The SMILES string of the molecule is COc1cc(OC)c(Cc2ccc(C(=O)Nc3ccc4nc(C)ccc4c3)o2)c(OC)c1. The molecule has 32 heavy (non-hydrogen) atoms. The Hall–Kier alpha value is -4.00. The summed E-state index contributed by atoms with van der Waals surface area (Å²) in [7, 11) is 4.75. The van der Waals surface area contributed by atoms with Gasteiger partial charge >= 0.3 is 0 Å². The zero-order valence-electron chi connectivity index (χ0n) is 18.4. The number of hydrogen-bond acceptors (Lipinski definition) is 6. The third kappa shape index (κ3) is 4.37. The van der Waals surface area contributed by atoms with E-state index in [4.69, 9.17) is 18.6 Å². The molecule has 0 aliphatic rings. The second kappa shape index (κ2) is 9.01. The first kappa shape index (κ1) is 21.2. The summed E-state index contributed by atoms with van der Waals surface area (Å²) >= 11 is 0. The van der Waals surface area contributed by atoms with Crippen molar-refractivity contribution in [2.75, 3.05) is 26.6 Å². The maximum absolute atomic E-state index is 12.7. The number of benzene rings is 2. The van der Waals surface area contributed by atoms with Crippen LogP contribution in [0.25, 0.3) is 10.9 Å². The lowest BCUT2D eigenvalue weighted by molar-refractivity contribution is 0.0995. The highest BCUT2D eigenvalue weighted by atomic mass is 16.5. The van der Waals surface area contributed by atoms with Gasteiger partial charge in [0.1, 0.15) is 23.0 Å². The number of aryl methyl sites for hydroxylation is 1. The lowest BCUT2D eigenvalue weighted by Crippen LogP contribution is -2.10. The molecule has 7 heteroatoms. The van der Waals surface area contributed by atoms with E-state index in [0.29, 0.717) is 35.1 Å². The van der Waals surface area contributed by atoms with E-state index in [1.54, 1.807) is 45.6 Å². The first-order chi connectivity index (χ1) is 15.5. The number of hydrogen-bond donors (Lipinski definition) is 1. The number of furan rings is 1. The summed E-state index contributed by atoms with van der Waals surface area (Å²) in [6, 6.07) is 16.5. The number of fused-ring (bicyclic) bond motifs is 1. The van der Waals surface area contributed by atoms with Crippen molar-refractivity contribution in [3.8, 4) is 17.2 Å². The number of aromatic nitrogens is 1. The Bertz CT molecular complexity index is 1250. The van der Waals surface area contributed by atoms with Gasteiger partial charge in [-0.2, -0.15) is 0 Å². The van der Waals surface area contributed by atoms with Gasteiger partial charge in [0, 0.05) is 40.9 Å². The van der Waals surface area contributed by atoms with Crippen LogP contribution in [0.4, 0.5) is 5.69 Å². The molecule has 0 atom stereocenters. The van der Waals surface area contributed by atoms with Crippen molar-refractivity contribution >= 4 is 22.5 Å². The number of anilines is 1. The van der Waals surface area contributed by atoms with E-state index < -0.39 is 0 Å². The van der Waals surface area contributed by atoms with Crippen LogP contribution in [-0.2, 0) is 6.42 Å². The fraction of sp³-hybridized carbons (Fsp3) is 0.200. The summed E-state index contributed by atoms with van der Waals surface area (Å²) in [4.78, 5) is 17.2. The number of methoxy groups -OCH3 is 3. The molecular weight excluding hydrogens is 408 g/mol. The Kier molecular flexibility index (Phi) is 5.98. The fourth-order valence-electron chi connectivity index (χ4n) is 3.52. The number of rotatable bonds is 7. The zero-order chi connectivity index (χ0) is 22.7. The molecule has 0 saturated heterocycles. The second-order valence-corrected chi connectivity index (χ2v) is 7.27. The van der Waals surface area contributed by atoms with Gasteiger partial charge in [-0.25, -0.2) is 0 Å². The highest BCUT2D eigenvalue weighted by Gasteiger charge is 2.17. The van der Waals surface area contributed by atoms with Gasteiger partial charge in [0.2, 0.25) is 0 Å². The van der Waals surface area contributed by atoms with Crippen molar-refractivity contribution < 1.29 is 23.4 Å². The van der Waals surface area contributed by atoms with Crippen LogP contribution in [0.5, 0.6) is 17.2 Å². The molecular formula is C25H24N2O5. The zero-order valence-corrected chi connectivity index (χ0v) is 18.4. The largest absolute Gasteiger partial charge is 0.496 e. The van der Waals surface area contributed by atoms with Gasteiger partial charge in [-0.05, 0) is 43.3 Å². The fourth-order valence-corrected chi connectivity index (χ4v) is 3.52. The van der Waals surface area contributed by atoms with Gasteiger partial charge in [0.25, 0.3) is 5.91 Å². The average molecular weight is 432 g/mol. The number of nitrogens with one attached hydrogen (secondary N) is 1. The predicted octanol–water partition coefficient (Wildman–Crippen LogP) is 5.01. The number of nitrogens with zero attached hydrogens (tertiary/aromatic N) is 1. The minimum Gasteiger partial charge on any atom is -0.496 e. The van der Waals surface area contributed by atoms with E-state index >= 15 is 0 Å². The summed E-state index contributed by atoms with van der Waals surface area (Å²) in [6.07, 6.45) is 0.393. The lowest BCUT2D eigenvalue weighted by Gasteiger charge is -2.14. The molecule has 0 aliphatic carbocycles. The van der Waals surface area contributed by atoms with Crippen molar-refractivity contribution in [3.05, 3.63) is 77.4 Å². The van der Waals surface area contributed by atoms with Gasteiger partial charge < -0.3 is 23.9 Å². The molecule has 2 aromatic carbocycles. The van der Waals surface area contributed by atoms with Gasteiger partial charge in [-0.1, -0.05) is 6.07 Å². The molecule has 1 N–H and O–H groups in total. The first-order valence-corrected chi connectivity index (χ1v) is 10.1. The monoisotopic (exact) mass is 432 g/mol.